The first kappa shape index (κ1) is 14.5. The summed E-state index contributed by atoms with van der Waals surface area (Å²) in [7, 11) is 0. The quantitative estimate of drug-likeness (QED) is 0.231. The first-order chi connectivity index (χ1) is 10.2. The number of aliphatic hydroxyl groups excluding tert-OH is 4. The van der Waals surface area contributed by atoms with Crippen LogP contribution in [0.1, 0.15) is 0 Å². The molecule has 9 atom stereocenters. The van der Waals surface area contributed by atoms with Crippen LogP contribution in [-0.2, 0) is 9.47 Å². The van der Waals surface area contributed by atoms with E-state index in [4.69, 9.17) is 15.2 Å². The minimum absolute atomic E-state index is 0.250. The van der Waals surface area contributed by atoms with Crippen LogP contribution in [0.5, 0.6) is 0 Å². The van der Waals surface area contributed by atoms with E-state index in [0.29, 0.717) is 0 Å². The van der Waals surface area contributed by atoms with E-state index in [0.717, 1.165) is 0 Å². The number of hydrogen-bond donors (Lipinski definition) is 8. The molecule has 4 aliphatic heterocycles. The molecule has 124 valence electrons. The second-order valence-electron chi connectivity index (χ2n) is 6.22. The average Bonchev–Trinajstić information content (AvgIpc) is 2.45. The lowest BCUT2D eigenvalue weighted by Gasteiger charge is -2.71. The largest absolute Gasteiger partial charge is 0.393 e. The molecule has 1 spiro atoms. The van der Waals surface area contributed by atoms with Crippen molar-refractivity contribution in [2.75, 3.05) is 6.61 Å². The van der Waals surface area contributed by atoms with Gasteiger partial charge < -0.3 is 51.2 Å². The van der Waals surface area contributed by atoms with Gasteiger partial charge in [0.15, 0.2) is 18.3 Å². The number of aliphatic imine (C=N–C) groups is 1. The van der Waals surface area contributed by atoms with Crippen molar-refractivity contribution in [1.29, 1.82) is 0 Å². The first-order valence-electron chi connectivity index (χ1n) is 6.77. The zero-order chi connectivity index (χ0) is 16.1. The third-order valence-corrected chi connectivity index (χ3v) is 5.22. The Kier molecular flexibility index (Phi) is 2.57. The monoisotopic (exact) mass is 319 g/mol. The van der Waals surface area contributed by atoms with Crippen molar-refractivity contribution in [2.45, 2.75) is 47.8 Å². The van der Waals surface area contributed by atoms with Gasteiger partial charge in [0.1, 0.15) is 29.5 Å². The molecule has 0 radical (unpaired) electrons. The molecule has 1 aliphatic carbocycles. The van der Waals surface area contributed by atoms with Crippen molar-refractivity contribution >= 4 is 5.96 Å². The third kappa shape index (κ3) is 1.28. The van der Waals surface area contributed by atoms with Gasteiger partial charge in [-0.3, -0.25) is 0 Å². The fourth-order valence-corrected chi connectivity index (χ4v) is 4.24. The second-order valence-corrected chi connectivity index (χ2v) is 6.22. The predicted octanol–water partition coefficient (Wildman–Crippen LogP) is -5.52. The second kappa shape index (κ2) is 3.88. The van der Waals surface area contributed by atoms with Crippen molar-refractivity contribution in [3.05, 3.63) is 0 Å². The van der Waals surface area contributed by atoms with Crippen molar-refractivity contribution in [3.63, 3.8) is 0 Å². The van der Waals surface area contributed by atoms with Gasteiger partial charge in [0, 0.05) is 0 Å². The van der Waals surface area contributed by atoms with Crippen LogP contribution in [0.2, 0.25) is 0 Å². The molecule has 9 N–H and O–H groups in total. The highest BCUT2D eigenvalue weighted by Crippen LogP contribution is 2.58. The summed E-state index contributed by atoms with van der Waals surface area (Å²) in [6.45, 7) is -0.857. The summed E-state index contributed by atoms with van der Waals surface area (Å²) in [6, 6.07) is 0. The minimum Gasteiger partial charge on any atom is -0.393 e. The Morgan fingerprint density at radius 1 is 1.18 bits per heavy atom. The third-order valence-electron chi connectivity index (χ3n) is 5.22. The SMILES string of the molecule is NC1=N[C@@H](O)[C@H]2[C@@H]3OC4(O)OC(C(O)[C@@]2(N1)[C@@H]4O)[C@]3(O)CO. The maximum absolute atomic E-state index is 10.6. The van der Waals surface area contributed by atoms with Gasteiger partial charge in [-0.25, -0.2) is 4.99 Å². The minimum atomic E-state index is -2.52. The molecule has 3 saturated heterocycles. The van der Waals surface area contributed by atoms with Crippen molar-refractivity contribution in [2.24, 2.45) is 16.6 Å². The zero-order valence-electron chi connectivity index (χ0n) is 11.2. The molecule has 4 fully saturated rings. The van der Waals surface area contributed by atoms with Crippen molar-refractivity contribution < 1.29 is 40.1 Å². The molecule has 22 heavy (non-hydrogen) atoms. The van der Waals surface area contributed by atoms with E-state index in [1.54, 1.807) is 0 Å². The smallest absolute Gasteiger partial charge is 0.311 e. The summed E-state index contributed by atoms with van der Waals surface area (Å²) in [5, 5.41) is 64.3. The molecule has 0 aromatic heterocycles. The molecule has 1 saturated carbocycles. The number of nitrogens with one attached hydrogen (secondary N) is 1. The maximum Gasteiger partial charge on any atom is 0.311 e. The molecule has 11 nitrogen and oxygen atoms in total. The van der Waals surface area contributed by atoms with E-state index >= 15 is 0 Å². The molecule has 5 rings (SSSR count). The van der Waals surface area contributed by atoms with Gasteiger partial charge in [-0.2, -0.15) is 0 Å². The van der Waals surface area contributed by atoms with Crippen LogP contribution < -0.4 is 11.1 Å². The summed E-state index contributed by atoms with van der Waals surface area (Å²) >= 11 is 0. The molecule has 3 unspecified atom stereocenters. The number of aliphatic hydroxyl groups is 6. The molecule has 4 bridgehead atoms. The maximum atomic E-state index is 10.6. The number of guanidine groups is 1. The molecule has 0 aromatic carbocycles. The van der Waals surface area contributed by atoms with Gasteiger partial charge in [0.05, 0.1) is 12.5 Å². The standard InChI is InChI=1S/C11H17N3O8/c12-8-13-6(17)2-4-9(19,1-15)5-3(16)10(2,14-8)7(18)11(20,21-4)22-5/h2-7,15-20H,1H2,(H3,12,13,14)/t2-,3?,4+,5?,6+,7+,9+,10-,11?/m1/s1. The molecule has 0 amide bonds. The summed E-state index contributed by atoms with van der Waals surface area (Å²) in [4.78, 5) is 3.70. The van der Waals surface area contributed by atoms with E-state index in [2.05, 4.69) is 10.3 Å². The fourth-order valence-electron chi connectivity index (χ4n) is 4.24. The molecule has 11 heteroatoms. The van der Waals surface area contributed by atoms with Crippen LogP contribution in [-0.4, -0.2) is 91.0 Å². The van der Waals surface area contributed by atoms with Gasteiger partial charge in [0.25, 0.3) is 0 Å². The van der Waals surface area contributed by atoms with Crippen LogP contribution in [0.15, 0.2) is 4.99 Å². The van der Waals surface area contributed by atoms with Crippen LogP contribution in [0, 0.1) is 5.92 Å². The summed E-state index contributed by atoms with van der Waals surface area (Å²) in [6.07, 6.45) is -7.77. The van der Waals surface area contributed by atoms with Crippen LogP contribution in [0.3, 0.4) is 0 Å². The zero-order valence-corrected chi connectivity index (χ0v) is 11.2. The van der Waals surface area contributed by atoms with Crippen LogP contribution in [0.25, 0.3) is 0 Å². The number of ether oxygens (including phenoxy) is 2. The first-order valence-corrected chi connectivity index (χ1v) is 6.77. The van der Waals surface area contributed by atoms with E-state index in [1.165, 1.54) is 0 Å². The van der Waals surface area contributed by atoms with E-state index in [1.807, 2.05) is 0 Å². The highest BCUT2D eigenvalue weighted by atomic mass is 16.9. The lowest BCUT2D eigenvalue weighted by Crippen LogP contribution is -2.95. The normalized spacial score (nSPS) is 62.4. The number of nitrogens with two attached hydrogens (primary N) is 1. The summed E-state index contributed by atoms with van der Waals surface area (Å²) in [5.41, 5.74) is 1.74. The molecule has 4 heterocycles. The lowest BCUT2D eigenvalue weighted by atomic mass is 9.55. The van der Waals surface area contributed by atoms with Crippen LogP contribution >= 0.6 is 0 Å². The number of hydrogen-bond acceptors (Lipinski definition) is 11. The Labute approximate surface area is 123 Å². The van der Waals surface area contributed by atoms with E-state index in [-0.39, 0.29) is 5.96 Å². The van der Waals surface area contributed by atoms with Gasteiger partial charge in [-0.15, -0.1) is 0 Å². The topological polar surface area (TPSA) is 190 Å². The average molecular weight is 319 g/mol. The van der Waals surface area contributed by atoms with Gasteiger partial charge >= 0.3 is 5.97 Å². The highest BCUT2D eigenvalue weighted by Gasteiger charge is 2.82. The Balaban J connectivity index is 1.95. The molecular weight excluding hydrogens is 302 g/mol. The lowest BCUT2D eigenvalue weighted by molar-refractivity contribution is -0.548. The van der Waals surface area contributed by atoms with Crippen molar-refractivity contribution in [3.8, 4) is 0 Å². The number of nitrogens with zero attached hydrogens (tertiary/aromatic N) is 1. The summed E-state index contributed by atoms with van der Waals surface area (Å²) in [5.74, 6) is -3.95. The Bertz CT molecular complexity index is 561. The van der Waals surface area contributed by atoms with Gasteiger partial charge in [-0.05, 0) is 0 Å². The Morgan fingerprint density at radius 3 is 2.45 bits per heavy atom. The van der Waals surface area contributed by atoms with Gasteiger partial charge in [0.2, 0.25) is 0 Å². The van der Waals surface area contributed by atoms with E-state index < -0.39 is 60.3 Å². The molecule has 0 aromatic rings. The highest BCUT2D eigenvalue weighted by molar-refractivity contribution is 5.80. The van der Waals surface area contributed by atoms with Gasteiger partial charge in [-0.1, -0.05) is 0 Å². The molecular formula is C11H17N3O8. The van der Waals surface area contributed by atoms with Crippen LogP contribution in [0.4, 0.5) is 0 Å². The van der Waals surface area contributed by atoms with Crippen molar-refractivity contribution in [1.82, 2.24) is 5.32 Å². The molecule has 5 aliphatic rings. The fraction of sp³-hybridized carbons (Fsp3) is 0.909. The Hall–Kier alpha value is -1.05. The Morgan fingerprint density at radius 2 is 1.82 bits per heavy atom. The predicted molar refractivity (Wildman–Crippen MR) is 65.7 cm³/mol. The number of rotatable bonds is 1. The van der Waals surface area contributed by atoms with E-state index in [9.17, 15) is 30.6 Å². The summed E-state index contributed by atoms with van der Waals surface area (Å²) < 4.78 is 10.3.